The van der Waals surface area contributed by atoms with E-state index in [9.17, 15) is 8.78 Å². The third kappa shape index (κ3) is 5.57. The Kier molecular flexibility index (Phi) is 7.29. The number of nitrogens with one attached hydrogen (secondary N) is 2. The summed E-state index contributed by atoms with van der Waals surface area (Å²) in [7, 11) is 0. The molecule has 2 N–H and O–H groups in total. The number of hydrogen-bond donors (Lipinski definition) is 2. The molecule has 2 fully saturated rings. The van der Waals surface area contributed by atoms with Crippen molar-refractivity contribution in [2.75, 3.05) is 57.4 Å². The molecule has 2 aliphatic rings. The number of rotatable bonds is 6. The molecule has 3 rings (SSSR count). The predicted octanol–water partition coefficient (Wildman–Crippen LogP) is 2.21. The highest BCUT2D eigenvalue weighted by molar-refractivity contribution is 5.80. The largest absolute Gasteiger partial charge is 0.379 e. The second-order valence-corrected chi connectivity index (χ2v) is 8.25. The van der Waals surface area contributed by atoms with Gasteiger partial charge in [0, 0.05) is 44.3 Å². The summed E-state index contributed by atoms with van der Waals surface area (Å²) in [5.41, 5.74) is -0.00313. The molecule has 1 aromatic rings. The molecule has 1 unspecified atom stereocenters. The number of hydrogen-bond acceptors (Lipinski definition) is 4. The highest BCUT2D eigenvalue weighted by Crippen LogP contribution is 2.26. The zero-order valence-corrected chi connectivity index (χ0v) is 17.7. The Bertz CT molecular complexity index is 686. The highest BCUT2D eigenvalue weighted by atomic mass is 19.1. The molecule has 0 bridgehead atoms. The van der Waals surface area contributed by atoms with Crippen LogP contribution >= 0.6 is 0 Å². The Balaban J connectivity index is 1.61. The van der Waals surface area contributed by atoms with Gasteiger partial charge in [-0.3, -0.25) is 9.89 Å². The van der Waals surface area contributed by atoms with Gasteiger partial charge in [-0.1, -0.05) is 6.07 Å². The van der Waals surface area contributed by atoms with Gasteiger partial charge in [0.2, 0.25) is 0 Å². The van der Waals surface area contributed by atoms with Gasteiger partial charge in [-0.05, 0) is 39.3 Å². The molecule has 2 aliphatic heterocycles. The maximum Gasteiger partial charge on any atom is 0.191 e. The van der Waals surface area contributed by atoms with Gasteiger partial charge < -0.3 is 20.3 Å². The molecule has 0 saturated carbocycles. The van der Waals surface area contributed by atoms with Crippen molar-refractivity contribution < 1.29 is 13.5 Å². The van der Waals surface area contributed by atoms with Crippen molar-refractivity contribution in [3.05, 3.63) is 29.8 Å². The first-order valence-electron chi connectivity index (χ1n) is 10.5. The number of nitrogens with zero attached hydrogens (tertiary/aromatic N) is 3. The van der Waals surface area contributed by atoms with Crippen molar-refractivity contribution in [3.63, 3.8) is 0 Å². The number of guanidine groups is 1. The standard InChI is InChI=1S/C21H33F2N5O/c1-4-24-20(25-15-21(2,3)28-10-12-29-13-11-28)26-16-8-9-27(14-16)19-17(22)6-5-7-18(19)23/h5-7,16H,4,8-15H2,1-3H3,(H2,24,25,26). The lowest BCUT2D eigenvalue weighted by Crippen LogP contribution is -2.52. The zero-order chi connectivity index (χ0) is 20.9. The summed E-state index contributed by atoms with van der Waals surface area (Å²) < 4.78 is 33.6. The van der Waals surface area contributed by atoms with Crippen LogP contribution in [0.2, 0.25) is 0 Å². The average molecular weight is 410 g/mol. The van der Waals surface area contributed by atoms with Crippen LogP contribution in [-0.4, -0.2) is 74.9 Å². The first-order chi connectivity index (χ1) is 13.9. The molecule has 1 aromatic carbocycles. The Morgan fingerprint density at radius 2 is 1.90 bits per heavy atom. The second-order valence-electron chi connectivity index (χ2n) is 8.25. The van der Waals surface area contributed by atoms with Gasteiger partial charge in [-0.2, -0.15) is 0 Å². The normalized spacial score (nSPS) is 21.5. The average Bonchev–Trinajstić information content (AvgIpc) is 3.15. The van der Waals surface area contributed by atoms with Gasteiger partial charge in [0.15, 0.2) is 5.96 Å². The minimum absolute atomic E-state index is 0.0622. The van der Waals surface area contributed by atoms with Crippen LogP contribution < -0.4 is 15.5 Å². The third-order valence-corrected chi connectivity index (χ3v) is 5.62. The van der Waals surface area contributed by atoms with E-state index < -0.39 is 11.6 Å². The molecule has 0 aromatic heterocycles. The zero-order valence-electron chi connectivity index (χ0n) is 17.7. The topological polar surface area (TPSA) is 52.1 Å². The Hall–Kier alpha value is -1.93. The van der Waals surface area contributed by atoms with E-state index >= 15 is 0 Å². The van der Waals surface area contributed by atoms with Gasteiger partial charge in [0.05, 0.1) is 19.8 Å². The molecule has 0 radical (unpaired) electrons. The van der Waals surface area contributed by atoms with Crippen LogP contribution in [0.4, 0.5) is 14.5 Å². The molecule has 1 atom stereocenters. The number of benzene rings is 1. The molecular weight excluding hydrogens is 376 g/mol. The smallest absolute Gasteiger partial charge is 0.191 e. The van der Waals surface area contributed by atoms with E-state index in [1.807, 2.05) is 6.92 Å². The van der Waals surface area contributed by atoms with Gasteiger partial charge in [0.1, 0.15) is 17.3 Å². The van der Waals surface area contributed by atoms with Crippen molar-refractivity contribution in [2.45, 2.75) is 38.8 Å². The highest BCUT2D eigenvalue weighted by Gasteiger charge is 2.29. The summed E-state index contributed by atoms with van der Waals surface area (Å²) in [4.78, 5) is 8.97. The number of halogens is 2. The fraction of sp³-hybridized carbons (Fsp3) is 0.667. The summed E-state index contributed by atoms with van der Waals surface area (Å²) in [5.74, 6) is -0.286. The fourth-order valence-corrected chi connectivity index (χ4v) is 3.93. The maximum absolute atomic E-state index is 14.1. The lowest BCUT2D eigenvalue weighted by Gasteiger charge is -2.40. The van der Waals surface area contributed by atoms with Gasteiger partial charge >= 0.3 is 0 Å². The van der Waals surface area contributed by atoms with E-state index in [1.165, 1.54) is 18.2 Å². The number of ether oxygens (including phenoxy) is 1. The number of morpholine rings is 1. The quantitative estimate of drug-likeness (QED) is 0.557. The summed E-state index contributed by atoms with van der Waals surface area (Å²) in [6, 6.07) is 4.08. The second kappa shape index (κ2) is 9.71. The lowest BCUT2D eigenvalue weighted by molar-refractivity contribution is -0.00684. The maximum atomic E-state index is 14.1. The van der Waals surface area contributed by atoms with Gasteiger partial charge in [-0.25, -0.2) is 8.78 Å². The molecular formula is C21H33F2N5O. The van der Waals surface area contributed by atoms with Crippen LogP contribution in [0, 0.1) is 11.6 Å². The van der Waals surface area contributed by atoms with E-state index in [1.54, 1.807) is 4.90 Å². The van der Waals surface area contributed by atoms with Crippen LogP contribution in [0.1, 0.15) is 27.2 Å². The summed E-state index contributed by atoms with van der Waals surface area (Å²) in [5, 5.41) is 6.73. The SMILES string of the molecule is CCNC(=NCC(C)(C)N1CCOCC1)NC1CCN(c2c(F)cccc2F)C1. The Morgan fingerprint density at radius 1 is 1.21 bits per heavy atom. The molecule has 0 amide bonds. The number of anilines is 1. The van der Waals surface area contributed by atoms with Crippen LogP contribution in [0.5, 0.6) is 0 Å². The Labute approximate surface area is 172 Å². The van der Waals surface area contributed by atoms with Crippen molar-refractivity contribution in [1.29, 1.82) is 0 Å². The van der Waals surface area contributed by atoms with Crippen molar-refractivity contribution in [1.82, 2.24) is 15.5 Å². The molecule has 29 heavy (non-hydrogen) atoms. The van der Waals surface area contributed by atoms with Crippen molar-refractivity contribution in [2.24, 2.45) is 4.99 Å². The minimum Gasteiger partial charge on any atom is -0.379 e. The molecule has 2 saturated heterocycles. The summed E-state index contributed by atoms with van der Waals surface area (Å²) >= 11 is 0. The first kappa shape index (κ1) is 21.8. The summed E-state index contributed by atoms with van der Waals surface area (Å²) in [6.07, 6.45) is 0.797. The molecule has 0 aliphatic carbocycles. The number of aliphatic imine (C=N–C) groups is 1. The van der Waals surface area contributed by atoms with E-state index in [2.05, 4.69) is 29.4 Å². The van der Waals surface area contributed by atoms with E-state index in [4.69, 9.17) is 9.73 Å². The number of para-hydroxylation sites is 1. The third-order valence-electron chi connectivity index (χ3n) is 5.62. The van der Waals surface area contributed by atoms with E-state index in [0.29, 0.717) is 19.6 Å². The van der Waals surface area contributed by atoms with Crippen molar-refractivity contribution >= 4 is 11.6 Å². The fourth-order valence-electron chi connectivity index (χ4n) is 3.93. The van der Waals surface area contributed by atoms with E-state index in [-0.39, 0.29) is 17.3 Å². The molecule has 2 heterocycles. The molecule has 8 heteroatoms. The van der Waals surface area contributed by atoms with Gasteiger partial charge in [-0.15, -0.1) is 0 Å². The van der Waals surface area contributed by atoms with Crippen LogP contribution in [-0.2, 0) is 4.74 Å². The monoisotopic (exact) mass is 409 g/mol. The first-order valence-corrected chi connectivity index (χ1v) is 10.5. The molecule has 6 nitrogen and oxygen atoms in total. The van der Waals surface area contributed by atoms with Crippen molar-refractivity contribution in [3.8, 4) is 0 Å². The molecule has 162 valence electrons. The van der Waals surface area contributed by atoms with E-state index in [0.717, 1.165) is 45.2 Å². The molecule has 0 spiro atoms. The lowest BCUT2D eigenvalue weighted by atomic mass is 10.0. The van der Waals surface area contributed by atoms with Crippen LogP contribution in [0.25, 0.3) is 0 Å². The van der Waals surface area contributed by atoms with Gasteiger partial charge in [0.25, 0.3) is 0 Å². The predicted molar refractivity (Wildman–Crippen MR) is 113 cm³/mol. The Morgan fingerprint density at radius 3 is 2.55 bits per heavy atom. The summed E-state index contributed by atoms with van der Waals surface area (Å²) in [6.45, 7) is 12.3. The van der Waals surface area contributed by atoms with Crippen LogP contribution in [0.15, 0.2) is 23.2 Å². The minimum atomic E-state index is -0.515. The van der Waals surface area contributed by atoms with Crippen LogP contribution in [0.3, 0.4) is 0 Å².